The van der Waals surface area contributed by atoms with Gasteiger partial charge in [0.2, 0.25) is 0 Å². The third kappa shape index (κ3) is 4.84. The number of benzene rings is 2. The molecule has 26 heavy (non-hydrogen) atoms. The molecule has 0 saturated heterocycles. The van der Waals surface area contributed by atoms with E-state index in [0.717, 1.165) is 12.1 Å². The van der Waals surface area contributed by atoms with Gasteiger partial charge in [-0.05, 0) is 49.7 Å². The summed E-state index contributed by atoms with van der Waals surface area (Å²) in [5, 5.41) is 2.62. The molecule has 6 nitrogen and oxygen atoms in total. The molecular weight excluding hydrogens is 366 g/mol. The van der Waals surface area contributed by atoms with Crippen LogP contribution in [0.15, 0.2) is 47.4 Å². The van der Waals surface area contributed by atoms with E-state index in [1.807, 2.05) is 4.89 Å². The number of carbonyl (C=O) groups excluding carboxylic acids is 1. The Morgan fingerprint density at radius 2 is 1.69 bits per heavy atom. The normalized spacial score (nSPS) is 12.6. The highest BCUT2D eigenvalue weighted by Crippen LogP contribution is 2.15. The Kier molecular flexibility index (Phi) is 6.41. The van der Waals surface area contributed by atoms with E-state index in [4.69, 9.17) is 0 Å². The molecule has 1 unspecified atom stereocenters. The number of rotatable bonds is 7. The lowest BCUT2D eigenvalue weighted by Gasteiger charge is -2.15. The first-order valence-electron chi connectivity index (χ1n) is 7.63. The van der Waals surface area contributed by atoms with E-state index in [9.17, 15) is 22.0 Å². The summed E-state index contributed by atoms with van der Waals surface area (Å²) in [6.45, 7) is 1.62. The highest BCUT2D eigenvalue weighted by atomic mass is 32.2. The van der Waals surface area contributed by atoms with E-state index in [-0.39, 0.29) is 22.4 Å². The zero-order chi connectivity index (χ0) is 19.3. The topological polar surface area (TPSA) is 84.5 Å². The Hall–Kier alpha value is -2.36. The van der Waals surface area contributed by atoms with Crippen molar-refractivity contribution in [1.82, 2.24) is 10.2 Å². The molecule has 9 heteroatoms. The molecule has 0 aliphatic heterocycles. The Bertz CT molecular complexity index is 866. The number of halogens is 2. The first-order valence-corrected chi connectivity index (χ1v) is 9.11. The molecule has 0 bridgehead atoms. The molecule has 0 aromatic heterocycles. The van der Waals surface area contributed by atoms with Crippen LogP contribution in [-0.4, -0.2) is 27.5 Å². The molecular formula is C17H18F2N2O4S. The summed E-state index contributed by atoms with van der Waals surface area (Å²) in [5.41, 5.74) is 0.106. The van der Waals surface area contributed by atoms with Crippen molar-refractivity contribution in [3.05, 3.63) is 65.2 Å². The van der Waals surface area contributed by atoms with Gasteiger partial charge in [-0.1, -0.05) is 11.0 Å². The van der Waals surface area contributed by atoms with Crippen LogP contribution in [-0.2, 0) is 21.3 Å². The standard InChI is InChI=1S/C17H18F2N2O4S/c1-11(10-14-15(18)4-3-5-16(14)19)20-17(22)12-6-8-13(9-7-12)26(23,24)21-25-2/h3-9,11,21H,10H2,1-2H3,(H,20,22). The van der Waals surface area contributed by atoms with Crippen LogP contribution >= 0.6 is 0 Å². The summed E-state index contributed by atoms with van der Waals surface area (Å²) in [6.07, 6.45) is -0.0194. The maximum Gasteiger partial charge on any atom is 0.262 e. The van der Waals surface area contributed by atoms with E-state index in [2.05, 4.69) is 10.2 Å². The molecule has 2 aromatic carbocycles. The van der Waals surface area contributed by atoms with Crippen LogP contribution in [0.3, 0.4) is 0 Å². The van der Waals surface area contributed by atoms with E-state index in [1.165, 1.54) is 37.4 Å². The highest BCUT2D eigenvalue weighted by Gasteiger charge is 2.17. The zero-order valence-electron chi connectivity index (χ0n) is 14.1. The second-order valence-electron chi connectivity index (χ2n) is 5.59. The quantitative estimate of drug-likeness (QED) is 0.717. The van der Waals surface area contributed by atoms with Crippen LogP contribution in [0.25, 0.3) is 0 Å². The third-order valence-corrected chi connectivity index (χ3v) is 4.85. The average Bonchev–Trinajstić information content (AvgIpc) is 2.58. The zero-order valence-corrected chi connectivity index (χ0v) is 14.9. The molecule has 0 fully saturated rings. The van der Waals surface area contributed by atoms with Gasteiger partial charge in [0, 0.05) is 17.2 Å². The molecule has 2 aromatic rings. The molecule has 1 amide bonds. The lowest BCUT2D eigenvalue weighted by atomic mass is 10.1. The maximum absolute atomic E-state index is 13.7. The van der Waals surface area contributed by atoms with Crippen LogP contribution in [0, 0.1) is 11.6 Å². The Morgan fingerprint density at radius 1 is 1.12 bits per heavy atom. The van der Waals surface area contributed by atoms with E-state index in [0.29, 0.717) is 0 Å². The van der Waals surface area contributed by atoms with E-state index < -0.39 is 33.6 Å². The van der Waals surface area contributed by atoms with Crippen molar-refractivity contribution in [2.75, 3.05) is 7.11 Å². The van der Waals surface area contributed by atoms with Gasteiger partial charge in [-0.3, -0.25) is 9.63 Å². The van der Waals surface area contributed by atoms with Crippen molar-refractivity contribution in [1.29, 1.82) is 0 Å². The highest BCUT2D eigenvalue weighted by molar-refractivity contribution is 7.89. The Balaban J connectivity index is 2.05. The fourth-order valence-corrected chi connectivity index (χ4v) is 3.14. The summed E-state index contributed by atoms with van der Waals surface area (Å²) in [5.74, 6) is -1.84. The van der Waals surface area contributed by atoms with Crippen molar-refractivity contribution in [2.24, 2.45) is 0 Å². The SMILES string of the molecule is CONS(=O)(=O)c1ccc(C(=O)NC(C)Cc2c(F)cccc2F)cc1. The minimum Gasteiger partial charge on any atom is -0.349 e. The summed E-state index contributed by atoms with van der Waals surface area (Å²) in [6, 6.07) is 8.19. The molecule has 0 spiro atoms. The van der Waals surface area contributed by atoms with Gasteiger partial charge >= 0.3 is 0 Å². The average molecular weight is 384 g/mol. The van der Waals surface area contributed by atoms with Crippen molar-refractivity contribution in [2.45, 2.75) is 24.3 Å². The smallest absolute Gasteiger partial charge is 0.262 e. The molecule has 0 heterocycles. The van der Waals surface area contributed by atoms with Crippen LogP contribution < -0.4 is 10.2 Å². The van der Waals surface area contributed by atoms with Gasteiger partial charge in [0.05, 0.1) is 12.0 Å². The van der Waals surface area contributed by atoms with Gasteiger partial charge in [-0.15, -0.1) is 0 Å². The number of hydrogen-bond acceptors (Lipinski definition) is 4. The van der Waals surface area contributed by atoms with Crippen molar-refractivity contribution >= 4 is 15.9 Å². The third-order valence-electron chi connectivity index (χ3n) is 3.57. The molecule has 2 rings (SSSR count). The van der Waals surface area contributed by atoms with Gasteiger partial charge in [0.25, 0.3) is 15.9 Å². The molecule has 1 atom stereocenters. The largest absolute Gasteiger partial charge is 0.349 e. The van der Waals surface area contributed by atoms with Crippen molar-refractivity contribution in [3.8, 4) is 0 Å². The molecule has 0 aliphatic rings. The van der Waals surface area contributed by atoms with E-state index >= 15 is 0 Å². The number of nitrogens with one attached hydrogen (secondary N) is 2. The van der Waals surface area contributed by atoms with Gasteiger partial charge in [0.1, 0.15) is 11.6 Å². The number of sulfonamides is 1. The predicted molar refractivity (Wildman–Crippen MR) is 90.8 cm³/mol. The van der Waals surface area contributed by atoms with Gasteiger partial charge < -0.3 is 5.32 Å². The van der Waals surface area contributed by atoms with Crippen LogP contribution in [0.2, 0.25) is 0 Å². The minimum atomic E-state index is -3.81. The number of amides is 1. The number of hydrogen-bond donors (Lipinski definition) is 2. The second-order valence-corrected chi connectivity index (χ2v) is 7.24. The first-order chi connectivity index (χ1) is 12.2. The van der Waals surface area contributed by atoms with Gasteiger partial charge in [-0.25, -0.2) is 17.2 Å². The maximum atomic E-state index is 13.7. The van der Waals surface area contributed by atoms with Crippen molar-refractivity contribution in [3.63, 3.8) is 0 Å². The molecule has 0 radical (unpaired) electrons. The lowest BCUT2D eigenvalue weighted by Crippen LogP contribution is -2.34. The fourth-order valence-electron chi connectivity index (χ4n) is 2.33. The first kappa shape index (κ1) is 20.0. The second kappa shape index (κ2) is 8.35. The summed E-state index contributed by atoms with van der Waals surface area (Å²) < 4.78 is 50.8. The monoisotopic (exact) mass is 384 g/mol. The minimum absolute atomic E-state index is 0.0194. The van der Waals surface area contributed by atoms with Gasteiger partial charge in [0.15, 0.2) is 0 Å². The van der Waals surface area contributed by atoms with Crippen LogP contribution in [0.5, 0.6) is 0 Å². The molecule has 2 N–H and O–H groups in total. The molecule has 0 saturated carbocycles. The Morgan fingerprint density at radius 3 is 2.23 bits per heavy atom. The molecule has 0 aliphatic carbocycles. The fraction of sp³-hybridized carbons (Fsp3) is 0.235. The number of carbonyl (C=O) groups is 1. The van der Waals surface area contributed by atoms with Crippen molar-refractivity contribution < 1.29 is 26.8 Å². The molecule has 140 valence electrons. The van der Waals surface area contributed by atoms with Crippen LogP contribution in [0.4, 0.5) is 8.78 Å². The summed E-state index contributed by atoms with van der Waals surface area (Å²) in [4.78, 5) is 18.4. The Labute approximate surface area is 150 Å². The van der Waals surface area contributed by atoms with Crippen LogP contribution in [0.1, 0.15) is 22.8 Å². The van der Waals surface area contributed by atoms with Gasteiger partial charge in [-0.2, -0.15) is 0 Å². The summed E-state index contributed by atoms with van der Waals surface area (Å²) in [7, 11) is -2.65. The predicted octanol–water partition coefficient (Wildman–Crippen LogP) is 2.17. The van der Waals surface area contributed by atoms with E-state index in [1.54, 1.807) is 6.92 Å². The summed E-state index contributed by atoms with van der Waals surface area (Å²) >= 11 is 0. The lowest BCUT2D eigenvalue weighted by molar-refractivity contribution is 0.0939.